The molecule has 2 N–H and O–H groups in total. The summed E-state index contributed by atoms with van der Waals surface area (Å²) in [6.45, 7) is 3.01. The number of hydrogen-bond donors (Lipinski definition) is 1. The minimum Gasteiger partial charge on any atom is -0.493 e. The molecule has 0 saturated heterocycles. The summed E-state index contributed by atoms with van der Waals surface area (Å²) in [4.78, 5) is 4.27. The first-order chi connectivity index (χ1) is 9.79. The zero-order chi connectivity index (χ0) is 14.2. The van der Waals surface area contributed by atoms with Crippen LogP contribution in [-0.4, -0.2) is 18.1 Å². The van der Waals surface area contributed by atoms with E-state index < -0.39 is 0 Å². The van der Waals surface area contributed by atoms with Crippen LogP contribution in [0.5, 0.6) is 5.75 Å². The van der Waals surface area contributed by atoms with Crippen LogP contribution in [0.25, 0.3) is 0 Å². The van der Waals surface area contributed by atoms with E-state index in [0.29, 0.717) is 13.2 Å². The summed E-state index contributed by atoms with van der Waals surface area (Å²) < 4.78 is 5.74. The highest BCUT2D eigenvalue weighted by molar-refractivity contribution is 5.44. The molecule has 20 heavy (non-hydrogen) atoms. The summed E-state index contributed by atoms with van der Waals surface area (Å²) in [5, 5.41) is 0. The van der Waals surface area contributed by atoms with E-state index in [1.807, 2.05) is 43.3 Å². The van der Waals surface area contributed by atoms with Crippen LogP contribution in [0.4, 0.5) is 0 Å². The van der Waals surface area contributed by atoms with Gasteiger partial charge in [0.1, 0.15) is 5.75 Å². The maximum absolute atomic E-state index is 5.74. The fourth-order valence-corrected chi connectivity index (χ4v) is 1.83. The maximum Gasteiger partial charge on any atom is 0.119 e. The number of benzene rings is 1. The van der Waals surface area contributed by atoms with Gasteiger partial charge in [-0.25, -0.2) is 0 Å². The molecule has 1 heterocycles. The zero-order valence-electron chi connectivity index (χ0n) is 11.6. The zero-order valence-corrected chi connectivity index (χ0v) is 11.6. The molecule has 0 saturated carbocycles. The van der Waals surface area contributed by atoms with Crippen molar-refractivity contribution < 1.29 is 4.74 Å². The van der Waals surface area contributed by atoms with Crippen LogP contribution in [0.2, 0.25) is 0 Å². The predicted octanol–water partition coefficient (Wildman–Crippen LogP) is 2.32. The third-order valence-electron chi connectivity index (χ3n) is 2.88. The van der Waals surface area contributed by atoms with Crippen molar-refractivity contribution in [3.8, 4) is 17.6 Å². The van der Waals surface area contributed by atoms with E-state index in [9.17, 15) is 0 Å². The molecule has 1 aromatic carbocycles. The van der Waals surface area contributed by atoms with Gasteiger partial charge in [0.25, 0.3) is 0 Å². The molecule has 0 atom stereocenters. The number of aryl methyl sites for hydroxylation is 1. The van der Waals surface area contributed by atoms with Crippen LogP contribution in [0.15, 0.2) is 42.6 Å². The number of hydrogen-bond acceptors (Lipinski definition) is 3. The Morgan fingerprint density at radius 3 is 2.85 bits per heavy atom. The Balaban J connectivity index is 1.92. The summed E-state index contributed by atoms with van der Waals surface area (Å²) in [6, 6.07) is 11.8. The molecule has 3 heteroatoms. The molecule has 0 aliphatic heterocycles. The first-order valence-electron chi connectivity index (χ1n) is 6.62. The lowest BCUT2D eigenvalue weighted by Gasteiger charge is -2.07. The SMILES string of the molecule is Cc1cc(OCCc2ccccn2)ccc1C#CCN. The fraction of sp³-hybridized carbons (Fsp3) is 0.235. The lowest BCUT2D eigenvalue weighted by molar-refractivity contribution is 0.320. The second-order valence-corrected chi connectivity index (χ2v) is 4.40. The minimum absolute atomic E-state index is 0.377. The van der Waals surface area contributed by atoms with E-state index in [1.54, 1.807) is 6.20 Å². The molecule has 2 aromatic rings. The average Bonchev–Trinajstić information content (AvgIpc) is 2.47. The van der Waals surface area contributed by atoms with Gasteiger partial charge in [0.15, 0.2) is 0 Å². The predicted molar refractivity (Wildman–Crippen MR) is 80.5 cm³/mol. The standard InChI is InChI=1S/C17H18N2O/c1-14-13-17(8-7-15(14)5-4-10-18)20-12-9-16-6-2-3-11-19-16/h2-3,6-8,11,13H,9-10,12,18H2,1H3. The van der Waals surface area contributed by atoms with Crippen LogP contribution in [-0.2, 0) is 6.42 Å². The highest BCUT2D eigenvalue weighted by Crippen LogP contribution is 2.16. The Morgan fingerprint density at radius 2 is 2.15 bits per heavy atom. The van der Waals surface area contributed by atoms with Gasteiger partial charge >= 0.3 is 0 Å². The molecule has 0 aliphatic rings. The normalized spacial score (nSPS) is 9.70. The number of pyridine rings is 1. The van der Waals surface area contributed by atoms with Crippen molar-refractivity contribution in [2.75, 3.05) is 13.2 Å². The lowest BCUT2D eigenvalue weighted by Crippen LogP contribution is -2.03. The Labute approximate surface area is 119 Å². The maximum atomic E-state index is 5.74. The van der Waals surface area contributed by atoms with Crippen LogP contribution in [0, 0.1) is 18.8 Å². The van der Waals surface area contributed by atoms with Gasteiger partial charge < -0.3 is 10.5 Å². The summed E-state index contributed by atoms with van der Waals surface area (Å²) in [7, 11) is 0. The van der Waals surface area contributed by atoms with Crippen molar-refractivity contribution >= 4 is 0 Å². The van der Waals surface area contributed by atoms with E-state index in [-0.39, 0.29) is 0 Å². The van der Waals surface area contributed by atoms with Crippen LogP contribution < -0.4 is 10.5 Å². The molecule has 1 aromatic heterocycles. The Kier molecular flexibility index (Phi) is 5.16. The lowest BCUT2D eigenvalue weighted by atomic mass is 10.1. The molecule has 0 spiro atoms. The first-order valence-corrected chi connectivity index (χ1v) is 6.62. The monoisotopic (exact) mass is 266 g/mol. The highest BCUT2D eigenvalue weighted by atomic mass is 16.5. The first kappa shape index (κ1) is 14.1. The van der Waals surface area contributed by atoms with Crippen LogP contribution >= 0.6 is 0 Å². The third kappa shape index (κ3) is 4.11. The molecule has 0 amide bonds. The highest BCUT2D eigenvalue weighted by Gasteiger charge is 2.00. The summed E-state index contributed by atoms with van der Waals surface area (Å²) in [5.41, 5.74) is 8.50. The largest absolute Gasteiger partial charge is 0.493 e. The number of aromatic nitrogens is 1. The molecule has 0 bridgehead atoms. The molecular formula is C17H18N2O. The van der Waals surface area contributed by atoms with E-state index in [4.69, 9.17) is 10.5 Å². The van der Waals surface area contributed by atoms with Crippen molar-refractivity contribution in [1.29, 1.82) is 0 Å². The summed E-state index contributed by atoms with van der Waals surface area (Å²) >= 11 is 0. The molecular weight excluding hydrogens is 248 g/mol. The second kappa shape index (κ2) is 7.32. The number of rotatable bonds is 4. The van der Waals surface area contributed by atoms with Crippen molar-refractivity contribution in [3.05, 3.63) is 59.4 Å². The number of nitrogens with two attached hydrogens (primary N) is 1. The summed E-state index contributed by atoms with van der Waals surface area (Å²) in [6.07, 6.45) is 2.60. The van der Waals surface area contributed by atoms with Crippen molar-refractivity contribution in [1.82, 2.24) is 4.98 Å². The van der Waals surface area contributed by atoms with E-state index >= 15 is 0 Å². The molecule has 102 valence electrons. The van der Waals surface area contributed by atoms with Gasteiger partial charge in [0, 0.05) is 23.9 Å². The van der Waals surface area contributed by atoms with Gasteiger partial charge in [-0.2, -0.15) is 0 Å². The minimum atomic E-state index is 0.377. The Morgan fingerprint density at radius 1 is 1.25 bits per heavy atom. The van der Waals surface area contributed by atoms with Gasteiger partial charge in [-0.15, -0.1) is 0 Å². The number of nitrogens with zero attached hydrogens (tertiary/aromatic N) is 1. The topological polar surface area (TPSA) is 48.1 Å². The van der Waals surface area contributed by atoms with E-state index in [1.165, 1.54) is 0 Å². The molecule has 3 nitrogen and oxygen atoms in total. The van der Waals surface area contributed by atoms with E-state index in [2.05, 4.69) is 16.8 Å². The van der Waals surface area contributed by atoms with Gasteiger partial charge in [0.05, 0.1) is 13.2 Å². The molecule has 0 aliphatic carbocycles. The van der Waals surface area contributed by atoms with Crippen molar-refractivity contribution in [3.63, 3.8) is 0 Å². The average molecular weight is 266 g/mol. The van der Waals surface area contributed by atoms with Crippen molar-refractivity contribution in [2.45, 2.75) is 13.3 Å². The molecule has 0 unspecified atom stereocenters. The Bertz CT molecular complexity index is 612. The summed E-state index contributed by atoms with van der Waals surface area (Å²) in [5.74, 6) is 6.76. The molecule has 0 radical (unpaired) electrons. The van der Waals surface area contributed by atoms with Gasteiger partial charge in [0.2, 0.25) is 0 Å². The smallest absolute Gasteiger partial charge is 0.119 e. The fourth-order valence-electron chi connectivity index (χ4n) is 1.83. The molecule has 2 rings (SSSR count). The van der Waals surface area contributed by atoms with Gasteiger partial charge in [-0.1, -0.05) is 17.9 Å². The van der Waals surface area contributed by atoms with Gasteiger partial charge in [-0.3, -0.25) is 4.98 Å². The van der Waals surface area contributed by atoms with Crippen LogP contribution in [0.1, 0.15) is 16.8 Å². The third-order valence-corrected chi connectivity index (χ3v) is 2.88. The number of ether oxygens (including phenoxy) is 1. The van der Waals surface area contributed by atoms with E-state index in [0.717, 1.165) is 29.0 Å². The van der Waals surface area contributed by atoms with Crippen molar-refractivity contribution in [2.24, 2.45) is 5.73 Å². The van der Waals surface area contributed by atoms with Crippen LogP contribution in [0.3, 0.4) is 0 Å². The quantitative estimate of drug-likeness (QED) is 0.864. The Hall–Kier alpha value is -2.31. The molecule has 0 fully saturated rings. The van der Waals surface area contributed by atoms with Gasteiger partial charge in [-0.05, 0) is 42.8 Å². The second-order valence-electron chi connectivity index (χ2n) is 4.40.